The van der Waals surface area contributed by atoms with Crippen LogP contribution in [0.3, 0.4) is 0 Å². The Morgan fingerprint density at radius 3 is 1.50 bits per heavy atom. The number of nitrogens with zero attached hydrogens (tertiary/aromatic N) is 4. The van der Waals surface area contributed by atoms with Crippen LogP contribution in [0.5, 0.6) is 0 Å². The maximum atomic E-state index is 12.0. The summed E-state index contributed by atoms with van der Waals surface area (Å²) in [6.07, 6.45) is 11.2. The van der Waals surface area contributed by atoms with Crippen molar-refractivity contribution in [3.63, 3.8) is 0 Å². The first-order chi connectivity index (χ1) is 24.0. The molecule has 0 radical (unpaired) electrons. The topological polar surface area (TPSA) is 209 Å². The number of aromatic amines is 2. The zero-order valence-corrected chi connectivity index (χ0v) is 29.6. The fourth-order valence-corrected chi connectivity index (χ4v) is 11.2. The lowest BCUT2D eigenvalue weighted by atomic mass is 9.67. The molecule has 4 aromatic rings. The van der Waals surface area contributed by atoms with E-state index in [4.69, 9.17) is 9.51 Å². The Kier molecular flexibility index (Phi) is 9.56. The molecule has 0 amide bonds. The summed E-state index contributed by atoms with van der Waals surface area (Å²) < 4.78 is 58.3. The van der Waals surface area contributed by atoms with E-state index in [1.807, 2.05) is 26.0 Å². The summed E-state index contributed by atoms with van der Waals surface area (Å²) in [6.45, 7) is 3.77. The van der Waals surface area contributed by atoms with Crippen LogP contribution in [-0.2, 0) is 29.2 Å². The number of hydrogen-bond donors (Lipinski definition) is 4. The molecular weight excluding hydrogens is 682 g/mol. The third kappa shape index (κ3) is 6.82. The second-order valence-electron chi connectivity index (χ2n) is 13.8. The molecule has 0 saturated heterocycles. The zero-order valence-electron chi connectivity index (χ0n) is 27.9. The van der Waals surface area contributed by atoms with Gasteiger partial charge in [-0.15, -0.1) is 10.3 Å². The van der Waals surface area contributed by atoms with E-state index < -0.39 is 33.9 Å². The Balaban J connectivity index is 0.000000157. The van der Waals surface area contributed by atoms with Crippen molar-refractivity contribution in [2.75, 3.05) is 23.0 Å². The molecule has 0 atom stereocenters. The summed E-state index contributed by atoms with van der Waals surface area (Å²) in [6, 6.07) is 3.83. The van der Waals surface area contributed by atoms with Crippen molar-refractivity contribution in [1.29, 1.82) is 0 Å². The van der Waals surface area contributed by atoms with Crippen LogP contribution < -0.4 is 10.9 Å². The van der Waals surface area contributed by atoms with Gasteiger partial charge in [0.15, 0.2) is 19.7 Å². The molecule has 0 unspecified atom stereocenters. The van der Waals surface area contributed by atoms with Gasteiger partial charge in [0.2, 0.25) is 0 Å². The number of oxime groups is 2. The number of sulfone groups is 2. The molecule has 2 saturated carbocycles. The molecule has 0 aromatic carbocycles. The van der Waals surface area contributed by atoms with Gasteiger partial charge in [0, 0.05) is 81.0 Å². The number of hydrogen-bond acceptors (Lipinski definition) is 12. The van der Waals surface area contributed by atoms with Crippen LogP contribution in [0.4, 0.5) is 0 Å². The van der Waals surface area contributed by atoms with Crippen LogP contribution in [0.2, 0.25) is 0 Å². The van der Waals surface area contributed by atoms with Crippen LogP contribution in [0, 0.1) is 23.7 Å². The van der Waals surface area contributed by atoms with Gasteiger partial charge in [0.05, 0.1) is 22.9 Å². The molecule has 2 fully saturated rings. The predicted octanol–water partition coefficient (Wildman–Crippen LogP) is 1.67. The summed E-state index contributed by atoms with van der Waals surface area (Å²) in [5.41, 5.74) is 6.00. The first-order valence-electron chi connectivity index (χ1n) is 17.1. The van der Waals surface area contributed by atoms with Crippen molar-refractivity contribution in [3.8, 4) is 0 Å². The maximum absolute atomic E-state index is 12.0. The molecule has 0 bridgehead atoms. The standard InChI is InChI=1S/2C16H20BN3O4S/c2*1-2-5-25(22,23)9-10-6-11(7-10)15-14-12-3-4-18-16(12)19-8-13(14)17(21)24-20-15/h2*3-4,8,10-11,21H,2,5-7,9H2,1H3,(H,18,19). The predicted molar refractivity (Wildman–Crippen MR) is 193 cm³/mol. The van der Waals surface area contributed by atoms with Gasteiger partial charge in [-0.1, -0.05) is 13.8 Å². The third-order valence-corrected chi connectivity index (χ3v) is 14.1. The average Bonchev–Trinajstić information content (AvgIpc) is 3.72. The van der Waals surface area contributed by atoms with Crippen molar-refractivity contribution >= 4 is 78.3 Å². The minimum absolute atomic E-state index is 0.147. The Morgan fingerprint density at radius 1 is 0.720 bits per heavy atom. The van der Waals surface area contributed by atoms with Crippen molar-refractivity contribution < 1.29 is 36.4 Å². The number of fused-ring (bicyclic) bond motifs is 6. The molecule has 4 aliphatic rings. The highest BCUT2D eigenvalue weighted by Crippen LogP contribution is 2.40. The Hall–Kier alpha value is -3.73. The molecule has 0 spiro atoms. The van der Waals surface area contributed by atoms with Gasteiger partial charge >= 0.3 is 14.2 Å². The van der Waals surface area contributed by atoms with E-state index in [1.54, 1.807) is 24.8 Å². The fraction of sp³-hybridized carbons (Fsp3) is 0.500. The van der Waals surface area contributed by atoms with E-state index in [0.29, 0.717) is 23.8 Å². The molecule has 2 aliphatic carbocycles. The number of H-pyrrole nitrogens is 2. The molecule has 264 valence electrons. The lowest BCUT2D eigenvalue weighted by molar-refractivity contribution is 0.253. The molecule has 50 heavy (non-hydrogen) atoms. The molecule has 2 aliphatic heterocycles. The van der Waals surface area contributed by atoms with Gasteiger partial charge in [0.1, 0.15) is 11.3 Å². The number of rotatable bonds is 10. The lowest BCUT2D eigenvalue weighted by Crippen LogP contribution is -2.45. The molecular formula is C32H40B2N6O8S2. The lowest BCUT2D eigenvalue weighted by Gasteiger charge is -2.37. The highest BCUT2D eigenvalue weighted by Gasteiger charge is 2.42. The van der Waals surface area contributed by atoms with Gasteiger partial charge < -0.3 is 29.5 Å². The normalized spacial score (nSPS) is 23.0. The summed E-state index contributed by atoms with van der Waals surface area (Å²) in [5, 5.41) is 30.2. The third-order valence-electron chi connectivity index (χ3n) is 10.0. The van der Waals surface area contributed by atoms with Crippen molar-refractivity contribution in [2.24, 2.45) is 34.0 Å². The highest BCUT2D eigenvalue weighted by atomic mass is 32.2. The summed E-state index contributed by atoms with van der Waals surface area (Å²) in [7, 11) is -8.17. The largest absolute Gasteiger partial charge is 0.585 e. The Bertz CT molecular complexity index is 2020. The Morgan fingerprint density at radius 2 is 1.12 bits per heavy atom. The summed E-state index contributed by atoms with van der Waals surface area (Å²) in [4.78, 5) is 14.7. The molecule has 4 N–H and O–H groups in total. The van der Waals surface area contributed by atoms with Crippen LogP contribution in [-0.4, -0.2) is 95.5 Å². The second-order valence-corrected chi connectivity index (χ2v) is 18.3. The van der Waals surface area contributed by atoms with E-state index in [9.17, 15) is 26.9 Å². The quantitative estimate of drug-likeness (QED) is 0.174. The molecule has 4 aromatic heterocycles. The van der Waals surface area contributed by atoms with Crippen molar-refractivity contribution in [3.05, 3.63) is 48.0 Å². The van der Waals surface area contributed by atoms with E-state index in [2.05, 4.69) is 30.2 Å². The molecule has 18 heteroatoms. The summed E-state index contributed by atoms with van der Waals surface area (Å²) >= 11 is 0. The smallest absolute Gasteiger partial charge is 0.427 e. The van der Waals surface area contributed by atoms with Crippen molar-refractivity contribution in [1.82, 2.24) is 19.9 Å². The highest BCUT2D eigenvalue weighted by molar-refractivity contribution is 7.91. The fourth-order valence-electron chi connectivity index (χ4n) is 7.67. The van der Waals surface area contributed by atoms with Crippen LogP contribution in [0.15, 0.2) is 47.2 Å². The average molecular weight is 722 g/mol. The summed E-state index contributed by atoms with van der Waals surface area (Å²) in [5.74, 6) is 1.63. The van der Waals surface area contributed by atoms with Gasteiger partial charge in [-0.3, -0.25) is 0 Å². The monoisotopic (exact) mass is 722 g/mol. The molecule has 6 heterocycles. The van der Waals surface area contributed by atoms with Gasteiger partial charge in [-0.25, -0.2) is 26.8 Å². The van der Waals surface area contributed by atoms with Gasteiger partial charge in [-0.2, -0.15) is 0 Å². The zero-order chi connectivity index (χ0) is 35.2. The minimum Gasteiger partial charge on any atom is -0.427 e. The SMILES string of the molecule is CCCS(=O)(=O)CC1CC(C2=NOB(O)c3cnc4[nH]ccc4c32)C1.CCCS(=O)(=O)CC1CC(C2=NOB(O)c3cnc4[nH]ccc4c32)C1. The van der Waals surface area contributed by atoms with E-state index in [1.165, 1.54) is 0 Å². The van der Waals surface area contributed by atoms with Crippen molar-refractivity contribution in [2.45, 2.75) is 52.4 Å². The van der Waals surface area contributed by atoms with E-state index in [0.717, 1.165) is 70.3 Å². The van der Waals surface area contributed by atoms with Gasteiger partial charge in [-0.05, 0) is 62.5 Å². The van der Waals surface area contributed by atoms with E-state index >= 15 is 0 Å². The number of aromatic nitrogens is 4. The van der Waals surface area contributed by atoms with E-state index in [-0.39, 0.29) is 46.7 Å². The maximum Gasteiger partial charge on any atom is 0.585 e. The first-order valence-corrected chi connectivity index (χ1v) is 20.8. The molecule has 14 nitrogen and oxygen atoms in total. The Labute approximate surface area is 291 Å². The number of pyridine rings is 2. The second kappa shape index (κ2) is 13.8. The van der Waals surface area contributed by atoms with Crippen LogP contribution in [0.25, 0.3) is 22.1 Å². The molecule has 8 rings (SSSR count). The first kappa shape index (κ1) is 34.7. The minimum atomic E-state index is -2.97. The van der Waals surface area contributed by atoms with Gasteiger partial charge in [0.25, 0.3) is 0 Å². The van der Waals surface area contributed by atoms with Crippen LogP contribution in [0.1, 0.15) is 63.5 Å². The number of nitrogens with one attached hydrogen (secondary N) is 2. The van der Waals surface area contributed by atoms with Crippen LogP contribution >= 0.6 is 0 Å².